The molecule has 0 rings (SSSR count). The third-order valence-corrected chi connectivity index (χ3v) is 4.16. The lowest BCUT2D eigenvalue weighted by Gasteiger charge is -2.23. The Morgan fingerprint density at radius 1 is 1.10 bits per heavy atom. The molecule has 10 N–H and O–H groups in total. The molecule has 0 aromatic heterocycles. The molecule has 12 nitrogen and oxygen atoms in total. The highest BCUT2D eigenvalue weighted by Crippen LogP contribution is 2.03. The fraction of sp³-hybridized carbons (Fsp3) is 0.688. The number of rotatable bonds is 13. The summed E-state index contributed by atoms with van der Waals surface area (Å²) >= 11 is 3.87. The quantitative estimate of drug-likeness (QED) is 0.0651. The molecule has 0 radical (unpaired) electrons. The number of thiol groups is 1. The van der Waals surface area contributed by atoms with Gasteiger partial charge in [-0.2, -0.15) is 12.6 Å². The molecule has 0 fully saturated rings. The topological polar surface area (TPSA) is 215 Å². The standard InChI is InChI=1S/C16H31N7O5S/c1-8(2)12(14(26)22-10(7-29)15(27)28)23-11(24)6-21-13(25)9(17)4-3-5-20-16(18)19/h8-10,12,29H,3-7,17H2,1-2H3,(H,21,25)(H,22,26)(H,23,24)(H,27,28)(H4,18,19,20). The highest BCUT2D eigenvalue weighted by atomic mass is 32.1. The number of amides is 3. The van der Waals surface area contributed by atoms with E-state index in [0.717, 1.165) is 0 Å². The highest BCUT2D eigenvalue weighted by molar-refractivity contribution is 7.80. The second-order valence-corrected chi connectivity index (χ2v) is 7.01. The maximum Gasteiger partial charge on any atom is 0.327 e. The van der Waals surface area contributed by atoms with Gasteiger partial charge in [0.05, 0.1) is 12.6 Å². The molecule has 13 heteroatoms. The number of carboxylic acid groups (broad SMARTS) is 1. The number of aliphatic carboxylic acids is 1. The minimum absolute atomic E-state index is 0.0486. The summed E-state index contributed by atoms with van der Waals surface area (Å²) in [5.74, 6) is -3.50. The van der Waals surface area contributed by atoms with Crippen LogP contribution in [0.1, 0.15) is 26.7 Å². The first-order chi connectivity index (χ1) is 13.5. The number of hydrogen-bond donors (Lipinski definition) is 8. The van der Waals surface area contributed by atoms with E-state index in [-0.39, 0.29) is 24.2 Å². The summed E-state index contributed by atoms with van der Waals surface area (Å²) in [6, 6.07) is -3.00. The van der Waals surface area contributed by atoms with Gasteiger partial charge in [-0.15, -0.1) is 0 Å². The van der Waals surface area contributed by atoms with Gasteiger partial charge in [0.1, 0.15) is 12.1 Å². The van der Waals surface area contributed by atoms with Crippen LogP contribution in [-0.2, 0) is 19.2 Å². The smallest absolute Gasteiger partial charge is 0.327 e. The zero-order valence-corrected chi connectivity index (χ0v) is 17.4. The summed E-state index contributed by atoms with van der Waals surface area (Å²) in [7, 11) is 0. The number of carboxylic acids is 1. The lowest BCUT2D eigenvalue weighted by atomic mass is 10.0. The van der Waals surface area contributed by atoms with E-state index >= 15 is 0 Å². The average molecular weight is 434 g/mol. The number of aliphatic imine (C=N–C) groups is 1. The van der Waals surface area contributed by atoms with E-state index in [1.807, 2.05) is 0 Å². The number of hydrogen-bond acceptors (Lipinski definition) is 7. The number of carbonyl (C=O) groups is 4. The van der Waals surface area contributed by atoms with Gasteiger partial charge < -0.3 is 38.3 Å². The maximum atomic E-state index is 12.3. The number of nitrogens with two attached hydrogens (primary N) is 3. The van der Waals surface area contributed by atoms with Crippen LogP contribution in [0.3, 0.4) is 0 Å². The molecular formula is C16H31N7O5S. The van der Waals surface area contributed by atoms with Gasteiger partial charge in [0.15, 0.2) is 5.96 Å². The van der Waals surface area contributed by atoms with E-state index < -0.39 is 41.8 Å². The summed E-state index contributed by atoms with van der Waals surface area (Å²) in [5.41, 5.74) is 16.1. The summed E-state index contributed by atoms with van der Waals surface area (Å²) < 4.78 is 0. The first kappa shape index (κ1) is 26.5. The van der Waals surface area contributed by atoms with Crippen molar-refractivity contribution in [3.8, 4) is 0 Å². The lowest BCUT2D eigenvalue weighted by molar-refractivity contribution is -0.141. The Morgan fingerprint density at radius 3 is 2.21 bits per heavy atom. The summed E-state index contributed by atoms with van der Waals surface area (Å²) in [6.07, 6.45) is 0.811. The van der Waals surface area contributed by atoms with Crippen molar-refractivity contribution in [2.45, 2.75) is 44.8 Å². The third kappa shape index (κ3) is 11.1. The highest BCUT2D eigenvalue weighted by Gasteiger charge is 2.28. The molecule has 3 atom stereocenters. The van der Waals surface area contributed by atoms with E-state index in [4.69, 9.17) is 22.3 Å². The number of guanidine groups is 1. The van der Waals surface area contributed by atoms with Crippen LogP contribution < -0.4 is 33.2 Å². The molecule has 0 saturated carbocycles. The third-order valence-electron chi connectivity index (χ3n) is 3.79. The fourth-order valence-corrected chi connectivity index (χ4v) is 2.40. The number of carbonyl (C=O) groups excluding carboxylic acids is 3. The molecule has 0 heterocycles. The van der Waals surface area contributed by atoms with Crippen LogP contribution in [0.2, 0.25) is 0 Å². The van der Waals surface area contributed by atoms with E-state index in [1.165, 1.54) is 0 Å². The van der Waals surface area contributed by atoms with Gasteiger partial charge in [0.2, 0.25) is 17.7 Å². The SMILES string of the molecule is CC(C)C(NC(=O)CNC(=O)C(N)CCCN=C(N)N)C(=O)NC(CS)C(=O)O. The molecule has 0 aliphatic heterocycles. The van der Waals surface area contributed by atoms with Crippen LogP contribution in [0.5, 0.6) is 0 Å². The van der Waals surface area contributed by atoms with Gasteiger partial charge in [-0.05, 0) is 18.8 Å². The Hall–Kier alpha value is -2.54. The second-order valence-electron chi connectivity index (χ2n) is 6.64. The lowest BCUT2D eigenvalue weighted by Crippen LogP contribution is -2.55. The van der Waals surface area contributed by atoms with Crippen molar-refractivity contribution in [2.75, 3.05) is 18.8 Å². The minimum Gasteiger partial charge on any atom is -0.480 e. The fourth-order valence-electron chi connectivity index (χ4n) is 2.16. The summed E-state index contributed by atoms with van der Waals surface area (Å²) in [4.78, 5) is 51.1. The maximum absolute atomic E-state index is 12.3. The van der Waals surface area contributed by atoms with Crippen LogP contribution >= 0.6 is 12.6 Å². The molecular weight excluding hydrogens is 402 g/mol. The predicted octanol–water partition coefficient (Wildman–Crippen LogP) is -2.88. The molecule has 0 aromatic rings. The molecule has 29 heavy (non-hydrogen) atoms. The van der Waals surface area contributed by atoms with Crippen LogP contribution in [0.4, 0.5) is 0 Å². The largest absolute Gasteiger partial charge is 0.480 e. The Bertz CT molecular complexity index is 610. The molecule has 0 aromatic carbocycles. The Kier molecular flexibility index (Phi) is 12.4. The van der Waals surface area contributed by atoms with Gasteiger partial charge in [-0.25, -0.2) is 4.79 Å². The zero-order valence-electron chi connectivity index (χ0n) is 16.6. The van der Waals surface area contributed by atoms with Crippen molar-refractivity contribution in [1.29, 1.82) is 0 Å². The van der Waals surface area contributed by atoms with Crippen molar-refractivity contribution < 1.29 is 24.3 Å². The molecule has 0 spiro atoms. The van der Waals surface area contributed by atoms with Crippen molar-refractivity contribution in [3.05, 3.63) is 0 Å². The summed E-state index contributed by atoms with van der Waals surface area (Å²) in [6.45, 7) is 3.32. The molecule has 0 saturated heterocycles. The average Bonchev–Trinajstić information content (AvgIpc) is 2.64. The van der Waals surface area contributed by atoms with Gasteiger partial charge in [0, 0.05) is 12.3 Å². The van der Waals surface area contributed by atoms with Gasteiger partial charge in [-0.1, -0.05) is 13.8 Å². The zero-order chi connectivity index (χ0) is 22.6. The van der Waals surface area contributed by atoms with E-state index in [9.17, 15) is 19.2 Å². The van der Waals surface area contributed by atoms with Crippen molar-refractivity contribution in [2.24, 2.45) is 28.1 Å². The first-order valence-electron chi connectivity index (χ1n) is 9.01. The first-order valence-corrected chi connectivity index (χ1v) is 9.64. The summed E-state index contributed by atoms with van der Waals surface area (Å²) in [5, 5.41) is 16.2. The minimum atomic E-state index is -1.23. The van der Waals surface area contributed by atoms with Crippen molar-refractivity contribution in [1.82, 2.24) is 16.0 Å². The normalized spacial score (nSPS) is 13.7. The molecule has 3 unspecified atom stereocenters. The Balaban J connectivity index is 4.55. The Morgan fingerprint density at radius 2 is 1.72 bits per heavy atom. The van der Waals surface area contributed by atoms with E-state index in [1.54, 1.807) is 13.8 Å². The molecule has 0 aliphatic rings. The molecule has 0 aliphatic carbocycles. The van der Waals surface area contributed by atoms with E-state index in [2.05, 4.69) is 33.6 Å². The van der Waals surface area contributed by atoms with Crippen LogP contribution in [-0.4, -0.2) is 71.7 Å². The van der Waals surface area contributed by atoms with E-state index in [0.29, 0.717) is 19.4 Å². The second kappa shape index (κ2) is 13.6. The molecule has 3 amide bonds. The predicted molar refractivity (Wildman–Crippen MR) is 111 cm³/mol. The molecule has 0 bridgehead atoms. The number of nitrogens with one attached hydrogen (secondary N) is 3. The van der Waals surface area contributed by atoms with Crippen LogP contribution in [0.15, 0.2) is 4.99 Å². The van der Waals surface area contributed by atoms with Gasteiger partial charge in [0.25, 0.3) is 0 Å². The Labute approximate surface area is 174 Å². The van der Waals surface area contributed by atoms with Crippen molar-refractivity contribution >= 4 is 42.3 Å². The molecule has 166 valence electrons. The van der Waals surface area contributed by atoms with Crippen LogP contribution in [0, 0.1) is 5.92 Å². The number of nitrogens with zero attached hydrogens (tertiary/aromatic N) is 1. The van der Waals surface area contributed by atoms with Gasteiger partial charge >= 0.3 is 5.97 Å². The van der Waals surface area contributed by atoms with Crippen LogP contribution in [0.25, 0.3) is 0 Å². The monoisotopic (exact) mass is 433 g/mol. The van der Waals surface area contributed by atoms with Gasteiger partial charge in [-0.3, -0.25) is 19.4 Å². The van der Waals surface area contributed by atoms with Crippen molar-refractivity contribution in [3.63, 3.8) is 0 Å².